The lowest BCUT2D eigenvalue weighted by Gasteiger charge is -2.13. The quantitative estimate of drug-likeness (QED) is 0.506. The lowest BCUT2D eigenvalue weighted by Crippen LogP contribution is -2.31. The first kappa shape index (κ1) is 21.6. The first-order valence-electron chi connectivity index (χ1n) is 9.26. The monoisotopic (exact) mass is 446 g/mol. The molecule has 0 saturated carbocycles. The molecule has 2 aromatic rings. The van der Waals surface area contributed by atoms with E-state index < -0.39 is 0 Å². The molecule has 0 spiro atoms. The summed E-state index contributed by atoms with van der Waals surface area (Å²) in [7, 11) is 0. The zero-order valence-electron chi connectivity index (χ0n) is 16.5. The number of aromatic nitrogens is 2. The summed E-state index contributed by atoms with van der Waals surface area (Å²) in [5, 5.41) is 12.2. The molecule has 0 atom stereocenters. The molecule has 0 unspecified atom stereocenters. The molecule has 1 aliphatic rings. The van der Waals surface area contributed by atoms with Gasteiger partial charge in [0.15, 0.2) is 0 Å². The van der Waals surface area contributed by atoms with Crippen molar-refractivity contribution in [1.29, 1.82) is 0 Å². The first-order valence-corrected chi connectivity index (χ1v) is 11.3. The fourth-order valence-electron chi connectivity index (χ4n) is 2.64. The highest BCUT2D eigenvalue weighted by atomic mass is 32.2. The van der Waals surface area contributed by atoms with Gasteiger partial charge in [0.05, 0.1) is 4.91 Å². The van der Waals surface area contributed by atoms with Gasteiger partial charge in [0.1, 0.15) is 9.33 Å². The Bertz CT molecular complexity index is 951. The summed E-state index contributed by atoms with van der Waals surface area (Å²) in [6, 6.07) is 7.92. The van der Waals surface area contributed by atoms with Gasteiger partial charge in [-0.05, 0) is 24.5 Å². The predicted molar refractivity (Wildman–Crippen MR) is 123 cm³/mol. The second-order valence-corrected chi connectivity index (χ2v) is 9.88. The van der Waals surface area contributed by atoms with E-state index in [2.05, 4.69) is 29.4 Å². The van der Waals surface area contributed by atoms with Crippen molar-refractivity contribution < 1.29 is 9.59 Å². The third-order valence-electron chi connectivity index (χ3n) is 4.11. The van der Waals surface area contributed by atoms with Crippen molar-refractivity contribution in [1.82, 2.24) is 15.1 Å². The summed E-state index contributed by atoms with van der Waals surface area (Å²) in [6.07, 6.45) is 2.80. The van der Waals surface area contributed by atoms with Crippen LogP contribution in [-0.4, -0.2) is 37.8 Å². The number of anilines is 1. The average molecular weight is 447 g/mol. The maximum atomic E-state index is 12.7. The Hall–Kier alpha value is -2.10. The van der Waals surface area contributed by atoms with Crippen LogP contribution in [0.3, 0.4) is 0 Å². The Morgan fingerprint density at radius 2 is 2.00 bits per heavy atom. The molecule has 2 heterocycles. The number of thioether (sulfide) groups is 1. The molecule has 6 nitrogen and oxygen atoms in total. The van der Waals surface area contributed by atoms with Gasteiger partial charge >= 0.3 is 0 Å². The molecule has 0 radical (unpaired) electrons. The Morgan fingerprint density at radius 1 is 1.28 bits per heavy atom. The molecular weight excluding hydrogens is 424 g/mol. The number of carbonyl (C=O) groups is 2. The van der Waals surface area contributed by atoms with E-state index in [4.69, 9.17) is 12.2 Å². The van der Waals surface area contributed by atoms with E-state index >= 15 is 0 Å². The summed E-state index contributed by atoms with van der Waals surface area (Å²) >= 11 is 7.97. The summed E-state index contributed by atoms with van der Waals surface area (Å²) in [5.74, 6) is 0.102. The van der Waals surface area contributed by atoms with Crippen LogP contribution in [0.15, 0.2) is 29.2 Å². The van der Waals surface area contributed by atoms with Crippen LogP contribution in [0.5, 0.6) is 0 Å². The molecular formula is C20H22N4O2S3. The van der Waals surface area contributed by atoms with Gasteiger partial charge < -0.3 is 5.32 Å². The van der Waals surface area contributed by atoms with Crippen LogP contribution in [0.2, 0.25) is 0 Å². The van der Waals surface area contributed by atoms with Gasteiger partial charge in [0, 0.05) is 19.4 Å². The second-order valence-electron chi connectivity index (χ2n) is 7.14. The summed E-state index contributed by atoms with van der Waals surface area (Å²) in [6.45, 7) is 6.46. The van der Waals surface area contributed by atoms with E-state index in [0.717, 1.165) is 22.6 Å². The largest absolute Gasteiger partial charge is 0.300 e. The third-order valence-corrected chi connectivity index (χ3v) is 6.35. The Kier molecular flexibility index (Phi) is 7.15. The van der Waals surface area contributed by atoms with Gasteiger partial charge in [-0.2, -0.15) is 0 Å². The van der Waals surface area contributed by atoms with Gasteiger partial charge in [0.25, 0.3) is 5.91 Å². The molecule has 2 amide bonds. The van der Waals surface area contributed by atoms with Crippen molar-refractivity contribution in [3.05, 3.63) is 45.3 Å². The summed E-state index contributed by atoms with van der Waals surface area (Å²) < 4.78 is 0.469. The van der Waals surface area contributed by atoms with Crippen LogP contribution in [0.1, 0.15) is 36.4 Å². The fourth-order valence-corrected chi connectivity index (χ4v) is 4.91. The van der Waals surface area contributed by atoms with E-state index in [0.29, 0.717) is 20.3 Å². The Morgan fingerprint density at radius 3 is 2.69 bits per heavy atom. The van der Waals surface area contributed by atoms with Gasteiger partial charge in [-0.15, -0.1) is 10.2 Å². The van der Waals surface area contributed by atoms with E-state index in [1.165, 1.54) is 28.0 Å². The minimum atomic E-state index is -0.214. The van der Waals surface area contributed by atoms with E-state index in [1.807, 2.05) is 37.3 Å². The Labute approximate surface area is 183 Å². The molecule has 1 saturated heterocycles. The summed E-state index contributed by atoms with van der Waals surface area (Å²) in [4.78, 5) is 27.0. The zero-order chi connectivity index (χ0) is 21.0. The molecule has 9 heteroatoms. The molecule has 0 bridgehead atoms. The molecule has 1 aromatic carbocycles. The van der Waals surface area contributed by atoms with E-state index in [9.17, 15) is 9.59 Å². The zero-order valence-corrected chi connectivity index (χ0v) is 18.9. The van der Waals surface area contributed by atoms with Crippen molar-refractivity contribution in [2.24, 2.45) is 5.92 Å². The number of nitrogens with one attached hydrogen (secondary N) is 1. The predicted octanol–water partition coefficient (Wildman–Crippen LogP) is 4.28. The second kappa shape index (κ2) is 9.60. The van der Waals surface area contributed by atoms with Crippen LogP contribution in [-0.2, 0) is 16.0 Å². The topological polar surface area (TPSA) is 75.2 Å². The molecule has 1 aliphatic heterocycles. The maximum Gasteiger partial charge on any atom is 0.266 e. The number of benzene rings is 1. The van der Waals surface area contributed by atoms with Crippen molar-refractivity contribution >= 4 is 62.7 Å². The normalized spacial score (nSPS) is 15.6. The minimum absolute atomic E-state index is 0.142. The number of aryl methyl sites for hydroxylation is 1. The SMILES string of the molecule is Cc1ccc(/C=C2\SC(=S)N(CCC(=O)Nc3nnc(CC(C)C)s3)C2=O)cc1. The van der Waals surface area contributed by atoms with Gasteiger partial charge in [-0.3, -0.25) is 14.5 Å². The average Bonchev–Trinajstić information content (AvgIpc) is 3.19. The van der Waals surface area contributed by atoms with Crippen molar-refractivity contribution in [3.8, 4) is 0 Å². The maximum absolute atomic E-state index is 12.7. The lowest BCUT2D eigenvalue weighted by atomic mass is 10.1. The highest BCUT2D eigenvalue weighted by Crippen LogP contribution is 2.32. The number of carbonyl (C=O) groups excluding carboxylic acids is 2. The van der Waals surface area contributed by atoms with Crippen LogP contribution in [0, 0.1) is 12.8 Å². The van der Waals surface area contributed by atoms with E-state index in [-0.39, 0.29) is 24.8 Å². The van der Waals surface area contributed by atoms with Crippen LogP contribution in [0.25, 0.3) is 6.08 Å². The van der Waals surface area contributed by atoms with Gasteiger partial charge in [-0.25, -0.2) is 0 Å². The van der Waals surface area contributed by atoms with Crippen molar-refractivity contribution in [3.63, 3.8) is 0 Å². The Balaban J connectivity index is 1.55. The molecule has 1 aromatic heterocycles. The number of rotatable bonds is 7. The molecule has 0 aliphatic carbocycles. The standard InChI is InChI=1S/C20H22N4O2S3/c1-12(2)10-17-22-23-19(29-17)21-16(25)8-9-24-18(26)15(28-20(24)27)11-14-6-4-13(3)5-7-14/h4-7,11-12H,8-10H2,1-3H3,(H,21,23,25)/b15-11-. The van der Waals surface area contributed by atoms with E-state index in [1.54, 1.807) is 0 Å². The number of amides is 2. The molecule has 1 fully saturated rings. The fraction of sp³-hybridized carbons (Fsp3) is 0.350. The molecule has 152 valence electrons. The van der Waals surface area contributed by atoms with Crippen molar-refractivity contribution in [2.45, 2.75) is 33.6 Å². The molecule has 3 rings (SSSR count). The number of thiocarbonyl (C=S) groups is 1. The highest BCUT2D eigenvalue weighted by molar-refractivity contribution is 8.26. The highest BCUT2D eigenvalue weighted by Gasteiger charge is 2.32. The van der Waals surface area contributed by atoms with Crippen molar-refractivity contribution in [2.75, 3.05) is 11.9 Å². The van der Waals surface area contributed by atoms with Gasteiger partial charge in [0.2, 0.25) is 11.0 Å². The first-order chi connectivity index (χ1) is 13.8. The van der Waals surface area contributed by atoms with Crippen LogP contribution in [0.4, 0.5) is 5.13 Å². The number of hydrogen-bond donors (Lipinski definition) is 1. The molecule has 1 N–H and O–H groups in total. The van der Waals surface area contributed by atoms with Crippen LogP contribution >= 0.6 is 35.3 Å². The molecule has 29 heavy (non-hydrogen) atoms. The lowest BCUT2D eigenvalue weighted by molar-refractivity contribution is -0.122. The summed E-state index contributed by atoms with van der Waals surface area (Å²) in [5.41, 5.74) is 2.11. The van der Waals surface area contributed by atoms with Crippen LogP contribution < -0.4 is 5.32 Å². The van der Waals surface area contributed by atoms with Gasteiger partial charge in [-0.1, -0.05) is 79.0 Å². The minimum Gasteiger partial charge on any atom is -0.300 e. The number of nitrogens with zero attached hydrogens (tertiary/aromatic N) is 3. The third kappa shape index (κ3) is 5.94. The smallest absolute Gasteiger partial charge is 0.266 e. The number of hydrogen-bond acceptors (Lipinski definition) is 7.